The van der Waals surface area contributed by atoms with Crippen LogP contribution < -0.4 is 5.32 Å². The summed E-state index contributed by atoms with van der Waals surface area (Å²) in [5, 5.41) is 7.33. The number of nitrogens with zero attached hydrogens (tertiary/aromatic N) is 4. The van der Waals surface area contributed by atoms with Gasteiger partial charge in [0.15, 0.2) is 11.3 Å². The first-order chi connectivity index (χ1) is 14.8. The number of nitrogens with one attached hydrogen (secondary N) is 1. The molecular weight excluding hydrogens is 431 g/mol. The van der Waals surface area contributed by atoms with E-state index in [4.69, 9.17) is 16.3 Å². The van der Waals surface area contributed by atoms with E-state index in [0.717, 1.165) is 39.3 Å². The average molecular weight is 454 g/mol. The van der Waals surface area contributed by atoms with Crippen LogP contribution in [-0.2, 0) is 10.9 Å². The Kier molecular flexibility index (Phi) is 6.36. The van der Waals surface area contributed by atoms with E-state index in [2.05, 4.69) is 20.3 Å². The van der Waals surface area contributed by atoms with Gasteiger partial charge in [0.2, 0.25) is 0 Å². The molecule has 1 saturated heterocycles. The number of alkyl halides is 3. The van der Waals surface area contributed by atoms with Gasteiger partial charge >= 0.3 is 6.18 Å². The maximum atomic E-state index is 13.9. The molecule has 1 fully saturated rings. The van der Waals surface area contributed by atoms with Gasteiger partial charge in [0.1, 0.15) is 5.82 Å². The Morgan fingerprint density at radius 3 is 2.65 bits per heavy atom. The summed E-state index contributed by atoms with van der Waals surface area (Å²) in [6.07, 6.45) is -3.81. The summed E-state index contributed by atoms with van der Waals surface area (Å²) in [5.41, 5.74) is -0.155. The van der Waals surface area contributed by atoms with Crippen LogP contribution in [0.5, 0.6) is 0 Å². The number of hydrogen-bond acceptors (Lipinski definition) is 5. The monoisotopic (exact) mass is 453 g/mol. The van der Waals surface area contributed by atoms with Gasteiger partial charge in [-0.05, 0) is 26.0 Å². The van der Waals surface area contributed by atoms with Gasteiger partial charge in [0, 0.05) is 42.0 Å². The molecule has 31 heavy (non-hydrogen) atoms. The van der Waals surface area contributed by atoms with Crippen molar-refractivity contribution in [3.8, 4) is 11.1 Å². The third kappa shape index (κ3) is 4.78. The summed E-state index contributed by atoms with van der Waals surface area (Å²) in [6, 6.07) is 8.12. The van der Waals surface area contributed by atoms with Gasteiger partial charge in [0.25, 0.3) is 0 Å². The highest BCUT2D eigenvalue weighted by molar-refractivity contribution is 6.33. The SMILES string of the molecule is Cc1cc(NCCCN2CCOCC2)n2nc(C(F)(F)F)c(-c3ccccc3Cl)c2n1. The van der Waals surface area contributed by atoms with Crippen molar-refractivity contribution < 1.29 is 17.9 Å². The first kappa shape index (κ1) is 21.9. The predicted molar refractivity (Wildman–Crippen MR) is 114 cm³/mol. The Morgan fingerprint density at radius 2 is 1.94 bits per heavy atom. The molecule has 166 valence electrons. The van der Waals surface area contributed by atoms with E-state index < -0.39 is 11.9 Å². The second-order valence-electron chi connectivity index (χ2n) is 7.45. The van der Waals surface area contributed by atoms with Crippen molar-refractivity contribution in [3.63, 3.8) is 0 Å². The van der Waals surface area contributed by atoms with Gasteiger partial charge in [-0.2, -0.15) is 22.8 Å². The molecule has 0 saturated carbocycles. The Labute approximate surface area is 183 Å². The molecule has 2 aromatic heterocycles. The first-order valence-corrected chi connectivity index (χ1v) is 10.5. The lowest BCUT2D eigenvalue weighted by molar-refractivity contribution is -0.140. The molecule has 0 unspecified atom stereocenters. The zero-order valence-electron chi connectivity index (χ0n) is 17.0. The Hall–Kier alpha value is -2.36. The first-order valence-electron chi connectivity index (χ1n) is 10.1. The fraction of sp³-hybridized carbons (Fsp3) is 0.429. The number of halogens is 4. The lowest BCUT2D eigenvalue weighted by Crippen LogP contribution is -2.37. The molecule has 0 radical (unpaired) electrons. The summed E-state index contributed by atoms with van der Waals surface area (Å²) in [7, 11) is 0. The van der Waals surface area contributed by atoms with Crippen LogP contribution in [0.25, 0.3) is 16.8 Å². The normalized spacial score (nSPS) is 15.5. The molecule has 1 aliphatic heterocycles. The minimum Gasteiger partial charge on any atom is -0.379 e. The minimum absolute atomic E-state index is 0.113. The summed E-state index contributed by atoms with van der Waals surface area (Å²) in [5.74, 6) is 0.466. The van der Waals surface area contributed by atoms with E-state index in [1.54, 1.807) is 37.3 Å². The number of rotatable bonds is 6. The van der Waals surface area contributed by atoms with Crippen molar-refractivity contribution in [2.24, 2.45) is 0 Å². The number of anilines is 1. The fourth-order valence-corrected chi connectivity index (χ4v) is 3.95. The van der Waals surface area contributed by atoms with E-state index in [0.29, 0.717) is 18.1 Å². The molecule has 4 rings (SSSR count). The molecule has 3 aromatic rings. The summed E-state index contributed by atoms with van der Waals surface area (Å²) >= 11 is 6.23. The van der Waals surface area contributed by atoms with Crippen LogP contribution in [0.15, 0.2) is 30.3 Å². The number of aryl methyl sites for hydroxylation is 1. The molecule has 3 heterocycles. The van der Waals surface area contributed by atoms with E-state index in [1.807, 2.05) is 0 Å². The van der Waals surface area contributed by atoms with Crippen molar-refractivity contribution in [3.05, 3.63) is 46.7 Å². The third-order valence-corrected chi connectivity index (χ3v) is 5.52. The molecule has 0 atom stereocenters. The van der Waals surface area contributed by atoms with Gasteiger partial charge in [-0.15, -0.1) is 0 Å². The standard InChI is InChI=1S/C21H23ClF3N5O/c1-14-13-17(26-7-4-8-29-9-11-31-12-10-29)30-20(27-14)18(19(28-30)21(23,24)25)15-5-2-3-6-16(15)22/h2-3,5-6,13,26H,4,7-12H2,1H3. The zero-order valence-corrected chi connectivity index (χ0v) is 17.8. The van der Waals surface area contributed by atoms with Crippen LogP contribution in [0.4, 0.5) is 19.0 Å². The highest BCUT2D eigenvalue weighted by atomic mass is 35.5. The topological polar surface area (TPSA) is 54.7 Å². The molecule has 1 aromatic carbocycles. The highest BCUT2D eigenvalue weighted by Crippen LogP contribution is 2.41. The summed E-state index contributed by atoms with van der Waals surface area (Å²) in [6.45, 7) is 6.49. The van der Waals surface area contributed by atoms with E-state index in [1.165, 1.54) is 4.52 Å². The van der Waals surface area contributed by atoms with Crippen LogP contribution in [0.2, 0.25) is 5.02 Å². The minimum atomic E-state index is -4.65. The van der Waals surface area contributed by atoms with Crippen LogP contribution >= 0.6 is 11.6 Å². The van der Waals surface area contributed by atoms with Crippen LogP contribution in [0, 0.1) is 6.92 Å². The zero-order chi connectivity index (χ0) is 22.0. The highest BCUT2D eigenvalue weighted by Gasteiger charge is 2.39. The largest absolute Gasteiger partial charge is 0.435 e. The quantitative estimate of drug-likeness (QED) is 0.556. The molecule has 1 N–H and O–H groups in total. The van der Waals surface area contributed by atoms with E-state index in [9.17, 15) is 13.2 Å². The third-order valence-electron chi connectivity index (χ3n) is 5.19. The second-order valence-corrected chi connectivity index (χ2v) is 7.86. The molecule has 0 spiro atoms. The summed E-state index contributed by atoms with van der Waals surface area (Å²) in [4.78, 5) is 6.68. The van der Waals surface area contributed by atoms with Crippen molar-refractivity contribution >= 4 is 23.1 Å². The Balaban J connectivity index is 1.67. The average Bonchev–Trinajstić information content (AvgIpc) is 3.12. The number of aromatic nitrogens is 3. The maximum absolute atomic E-state index is 13.9. The van der Waals surface area contributed by atoms with E-state index in [-0.39, 0.29) is 21.8 Å². The van der Waals surface area contributed by atoms with Crippen LogP contribution in [0.3, 0.4) is 0 Å². The van der Waals surface area contributed by atoms with Crippen molar-refractivity contribution in [1.82, 2.24) is 19.5 Å². The Morgan fingerprint density at radius 1 is 1.19 bits per heavy atom. The number of ether oxygens (including phenoxy) is 1. The summed E-state index contributed by atoms with van der Waals surface area (Å²) < 4.78 is 48.2. The van der Waals surface area contributed by atoms with Gasteiger partial charge in [0.05, 0.1) is 18.8 Å². The van der Waals surface area contributed by atoms with E-state index >= 15 is 0 Å². The fourth-order valence-electron chi connectivity index (χ4n) is 3.72. The molecule has 1 aliphatic rings. The lowest BCUT2D eigenvalue weighted by atomic mass is 10.1. The number of fused-ring (bicyclic) bond motifs is 1. The molecule has 0 bridgehead atoms. The molecular formula is C21H23ClF3N5O. The number of benzene rings is 1. The van der Waals surface area contributed by atoms with Crippen LogP contribution in [0.1, 0.15) is 17.8 Å². The van der Waals surface area contributed by atoms with Gasteiger partial charge in [-0.3, -0.25) is 4.90 Å². The van der Waals surface area contributed by atoms with Crippen molar-refractivity contribution in [2.45, 2.75) is 19.5 Å². The number of morpholine rings is 1. The Bertz CT molecular complexity index is 1060. The predicted octanol–water partition coefficient (Wildman–Crippen LogP) is 4.51. The molecule has 0 aliphatic carbocycles. The molecule has 6 nitrogen and oxygen atoms in total. The van der Waals surface area contributed by atoms with Gasteiger partial charge < -0.3 is 10.1 Å². The van der Waals surface area contributed by atoms with Crippen LogP contribution in [-0.4, -0.2) is 58.9 Å². The van der Waals surface area contributed by atoms with Crippen molar-refractivity contribution in [1.29, 1.82) is 0 Å². The van der Waals surface area contributed by atoms with Gasteiger partial charge in [-0.25, -0.2) is 4.98 Å². The smallest absolute Gasteiger partial charge is 0.379 e. The number of hydrogen-bond donors (Lipinski definition) is 1. The lowest BCUT2D eigenvalue weighted by Gasteiger charge is -2.26. The van der Waals surface area contributed by atoms with Crippen molar-refractivity contribution in [2.75, 3.05) is 44.7 Å². The molecule has 10 heteroatoms. The molecule has 0 amide bonds. The maximum Gasteiger partial charge on any atom is 0.435 e. The van der Waals surface area contributed by atoms with Gasteiger partial charge in [-0.1, -0.05) is 29.8 Å². The second kappa shape index (κ2) is 9.02.